The number of rotatable bonds is 3. The van der Waals surface area contributed by atoms with E-state index in [0.29, 0.717) is 4.88 Å². The van der Waals surface area contributed by atoms with Crippen molar-refractivity contribution in [2.75, 3.05) is 0 Å². The Labute approximate surface area is 96.5 Å². The van der Waals surface area contributed by atoms with E-state index in [2.05, 4.69) is 16.5 Å². The van der Waals surface area contributed by atoms with Crippen molar-refractivity contribution in [3.05, 3.63) is 42.0 Å². The minimum Gasteiger partial charge on any atom is -0.366 e. The number of carbonyl (C=O) groups is 1. The fourth-order valence-corrected chi connectivity index (χ4v) is 2.01. The number of nitrogens with zero attached hydrogens (tertiary/aromatic N) is 2. The van der Waals surface area contributed by atoms with E-state index in [1.54, 1.807) is 12.4 Å². The van der Waals surface area contributed by atoms with Gasteiger partial charge in [-0.15, -0.1) is 11.3 Å². The minimum atomic E-state index is -0.531. The summed E-state index contributed by atoms with van der Waals surface area (Å²) in [6.45, 7) is 3.61. The smallest absolute Gasteiger partial charge is 0.249 e. The van der Waals surface area contributed by atoms with Crippen molar-refractivity contribution in [1.82, 2.24) is 9.97 Å². The summed E-state index contributed by atoms with van der Waals surface area (Å²) in [7, 11) is 0. The zero-order valence-electron chi connectivity index (χ0n) is 8.38. The highest BCUT2D eigenvalue weighted by Crippen LogP contribution is 2.26. The van der Waals surface area contributed by atoms with Crippen LogP contribution in [0.15, 0.2) is 37.2 Å². The second-order valence-electron chi connectivity index (χ2n) is 3.09. The predicted octanol–water partition coefficient (Wildman–Crippen LogP) is 1.70. The molecule has 1 amide bonds. The molecule has 0 unspecified atom stereocenters. The van der Waals surface area contributed by atoms with Gasteiger partial charge in [-0.3, -0.25) is 9.78 Å². The van der Waals surface area contributed by atoms with Crippen LogP contribution in [0.5, 0.6) is 0 Å². The third kappa shape index (κ3) is 1.99. The molecule has 0 aromatic carbocycles. The van der Waals surface area contributed by atoms with Crippen molar-refractivity contribution in [2.45, 2.75) is 0 Å². The molecule has 0 atom stereocenters. The summed E-state index contributed by atoms with van der Waals surface area (Å²) in [5, 5.41) is 0.748. The van der Waals surface area contributed by atoms with Gasteiger partial charge in [-0.2, -0.15) is 0 Å². The van der Waals surface area contributed by atoms with Gasteiger partial charge in [0.05, 0.1) is 16.1 Å². The zero-order chi connectivity index (χ0) is 11.5. The van der Waals surface area contributed by atoms with Crippen molar-refractivity contribution in [1.29, 1.82) is 0 Å². The van der Waals surface area contributed by atoms with E-state index < -0.39 is 5.91 Å². The van der Waals surface area contributed by atoms with Crippen molar-refractivity contribution in [2.24, 2.45) is 5.73 Å². The maximum Gasteiger partial charge on any atom is 0.249 e. The first-order valence-corrected chi connectivity index (χ1v) is 5.36. The maximum absolute atomic E-state index is 10.9. The van der Waals surface area contributed by atoms with Gasteiger partial charge in [-0.25, -0.2) is 4.98 Å². The topological polar surface area (TPSA) is 68.9 Å². The Kier molecular flexibility index (Phi) is 2.78. The van der Waals surface area contributed by atoms with Gasteiger partial charge in [0, 0.05) is 12.4 Å². The van der Waals surface area contributed by atoms with Gasteiger partial charge in [0.1, 0.15) is 5.01 Å². The number of hydrogen-bond donors (Lipinski definition) is 1. The molecule has 5 heteroatoms. The standard InChI is InChI=1S/C11H9N3OS/c1-7(10(12)15)9-6-14-11(16-9)8-4-2-3-5-13-8/h2-6H,1H2,(H2,12,15). The van der Waals surface area contributed by atoms with Crippen LogP contribution in [0.4, 0.5) is 0 Å². The van der Waals surface area contributed by atoms with E-state index in [4.69, 9.17) is 5.73 Å². The number of aromatic nitrogens is 2. The lowest BCUT2D eigenvalue weighted by Gasteiger charge is -1.94. The lowest BCUT2D eigenvalue weighted by molar-refractivity contribution is -0.112. The molecular formula is C11H9N3OS. The highest BCUT2D eigenvalue weighted by atomic mass is 32.1. The highest BCUT2D eigenvalue weighted by molar-refractivity contribution is 7.16. The summed E-state index contributed by atoms with van der Waals surface area (Å²) in [5.41, 5.74) is 6.19. The van der Waals surface area contributed by atoms with E-state index in [-0.39, 0.29) is 5.57 Å². The monoisotopic (exact) mass is 231 g/mol. The molecule has 0 aliphatic heterocycles. The van der Waals surface area contributed by atoms with Crippen LogP contribution in [0.3, 0.4) is 0 Å². The van der Waals surface area contributed by atoms with Crippen molar-refractivity contribution >= 4 is 22.8 Å². The molecule has 80 valence electrons. The molecule has 16 heavy (non-hydrogen) atoms. The van der Waals surface area contributed by atoms with Crippen LogP contribution in [0, 0.1) is 0 Å². The second-order valence-corrected chi connectivity index (χ2v) is 4.12. The second kappa shape index (κ2) is 4.24. The minimum absolute atomic E-state index is 0.277. The van der Waals surface area contributed by atoms with Crippen LogP contribution in [-0.4, -0.2) is 15.9 Å². The van der Waals surface area contributed by atoms with E-state index in [1.165, 1.54) is 11.3 Å². The molecule has 0 fully saturated rings. The fourth-order valence-electron chi connectivity index (χ4n) is 1.14. The summed E-state index contributed by atoms with van der Waals surface area (Å²) >= 11 is 1.35. The molecule has 0 bridgehead atoms. The van der Waals surface area contributed by atoms with E-state index >= 15 is 0 Å². The fraction of sp³-hybridized carbons (Fsp3) is 0. The molecule has 0 saturated heterocycles. The van der Waals surface area contributed by atoms with Crippen LogP contribution < -0.4 is 5.73 Å². The molecule has 2 aromatic heterocycles. The van der Waals surface area contributed by atoms with Crippen LogP contribution >= 0.6 is 11.3 Å². The molecule has 4 nitrogen and oxygen atoms in total. The lowest BCUT2D eigenvalue weighted by atomic mass is 10.3. The van der Waals surface area contributed by atoms with Crippen molar-refractivity contribution in [3.8, 4) is 10.7 Å². The van der Waals surface area contributed by atoms with Crippen LogP contribution in [0.1, 0.15) is 4.88 Å². The van der Waals surface area contributed by atoms with E-state index in [1.807, 2.05) is 18.2 Å². The SMILES string of the molecule is C=C(C(N)=O)c1cnc(-c2ccccn2)s1. The predicted molar refractivity (Wildman–Crippen MR) is 63.6 cm³/mol. The van der Waals surface area contributed by atoms with Crippen LogP contribution in [0.2, 0.25) is 0 Å². The molecule has 0 saturated carbocycles. The highest BCUT2D eigenvalue weighted by Gasteiger charge is 2.11. The number of thiazole rings is 1. The summed E-state index contributed by atoms with van der Waals surface area (Å²) in [4.78, 5) is 20.0. The maximum atomic E-state index is 10.9. The molecule has 0 spiro atoms. The Hall–Kier alpha value is -2.01. The molecule has 0 aliphatic carbocycles. The Balaban J connectivity index is 2.34. The van der Waals surface area contributed by atoms with Gasteiger partial charge in [-0.05, 0) is 12.1 Å². The molecule has 2 aromatic rings. The number of primary amides is 1. The zero-order valence-corrected chi connectivity index (χ0v) is 9.20. The van der Waals surface area contributed by atoms with Crippen molar-refractivity contribution in [3.63, 3.8) is 0 Å². The van der Waals surface area contributed by atoms with Gasteiger partial charge in [-0.1, -0.05) is 12.6 Å². The van der Waals surface area contributed by atoms with E-state index in [9.17, 15) is 4.79 Å². The number of pyridine rings is 1. The van der Waals surface area contributed by atoms with Crippen molar-refractivity contribution < 1.29 is 4.79 Å². The number of hydrogen-bond acceptors (Lipinski definition) is 4. The third-order valence-corrected chi connectivity index (χ3v) is 3.06. The Morgan fingerprint density at radius 3 is 2.81 bits per heavy atom. The Morgan fingerprint density at radius 1 is 1.38 bits per heavy atom. The molecule has 2 N–H and O–H groups in total. The first kappa shape index (κ1) is 10.5. The Morgan fingerprint density at radius 2 is 2.19 bits per heavy atom. The van der Waals surface area contributed by atoms with Gasteiger partial charge in [0.25, 0.3) is 0 Å². The van der Waals surface area contributed by atoms with Gasteiger partial charge >= 0.3 is 0 Å². The van der Waals surface area contributed by atoms with Gasteiger partial charge in [0.15, 0.2) is 0 Å². The number of nitrogens with two attached hydrogens (primary N) is 1. The first-order valence-electron chi connectivity index (χ1n) is 4.55. The normalized spacial score (nSPS) is 10.0. The summed E-state index contributed by atoms with van der Waals surface area (Å²) < 4.78 is 0. The first-order chi connectivity index (χ1) is 7.68. The number of amides is 1. The Bertz CT molecular complexity index is 533. The largest absolute Gasteiger partial charge is 0.366 e. The van der Waals surface area contributed by atoms with Crippen LogP contribution in [0.25, 0.3) is 16.3 Å². The molecule has 0 radical (unpaired) electrons. The average molecular weight is 231 g/mol. The average Bonchev–Trinajstić information content (AvgIpc) is 2.78. The van der Waals surface area contributed by atoms with Crippen LogP contribution in [-0.2, 0) is 4.79 Å². The van der Waals surface area contributed by atoms with Gasteiger partial charge < -0.3 is 5.73 Å². The lowest BCUT2D eigenvalue weighted by Crippen LogP contribution is -2.10. The molecular weight excluding hydrogens is 222 g/mol. The van der Waals surface area contributed by atoms with E-state index in [0.717, 1.165) is 10.7 Å². The molecule has 2 rings (SSSR count). The van der Waals surface area contributed by atoms with Gasteiger partial charge in [0.2, 0.25) is 5.91 Å². The summed E-state index contributed by atoms with van der Waals surface area (Å²) in [6.07, 6.45) is 3.28. The third-order valence-electron chi connectivity index (χ3n) is 1.98. The quantitative estimate of drug-likeness (QED) is 0.817. The molecule has 0 aliphatic rings. The summed E-state index contributed by atoms with van der Waals surface area (Å²) in [5.74, 6) is -0.531. The number of carbonyl (C=O) groups excluding carboxylic acids is 1. The molecule has 2 heterocycles. The summed E-state index contributed by atoms with van der Waals surface area (Å²) in [6, 6.07) is 5.57.